The topological polar surface area (TPSA) is 334 Å². The Bertz CT molecular complexity index is 1650. The first-order valence-electron chi connectivity index (χ1n) is 20.6. The van der Waals surface area contributed by atoms with E-state index >= 15 is 0 Å². The van der Waals surface area contributed by atoms with Crippen LogP contribution in [-0.4, -0.2) is 207 Å². The van der Waals surface area contributed by atoms with Crippen LogP contribution in [0.15, 0.2) is 0 Å². The number of carboxylic acid groups (broad SMARTS) is 1. The summed E-state index contributed by atoms with van der Waals surface area (Å²) in [5.74, 6) is -6.42. The highest BCUT2D eigenvalue weighted by Crippen LogP contribution is 2.26. The van der Waals surface area contributed by atoms with Crippen LogP contribution < -0.4 is 32.3 Å². The first-order valence-corrected chi connectivity index (χ1v) is 20.6. The van der Waals surface area contributed by atoms with Crippen LogP contribution in [0, 0.1) is 0 Å². The Morgan fingerprint density at radius 3 is 1.77 bits per heavy atom. The van der Waals surface area contributed by atoms with Gasteiger partial charge in [0.05, 0.1) is 37.4 Å². The summed E-state index contributed by atoms with van der Waals surface area (Å²) in [5, 5.41) is 52.9. The zero-order valence-corrected chi connectivity index (χ0v) is 33.5. The van der Waals surface area contributed by atoms with Crippen LogP contribution in [0.3, 0.4) is 0 Å². The van der Waals surface area contributed by atoms with E-state index < -0.39 is 122 Å². The highest BCUT2D eigenvalue weighted by molar-refractivity contribution is 5.97. The van der Waals surface area contributed by atoms with Gasteiger partial charge in [0.1, 0.15) is 36.8 Å². The fourth-order valence-corrected chi connectivity index (χ4v) is 8.67. The molecule has 0 radical (unpaired) electrons. The van der Waals surface area contributed by atoms with Crippen molar-refractivity contribution < 1.29 is 63.6 Å². The van der Waals surface area contributed by atoms with Crippen LogP contribution in [-0.2, 0) is 43.2 Å². The maximum absolute atomic E-state index is 14.0. The Balaban J connectivity index is 1.16. The fraction of sp³-hybridized carbons (Fsp3) is 0.757. The second-order valence-corrected chi connectivity index (χ2v) is 16.0. The molecule has 0 bridgehead atoms. The molecule has 5 rings (SSSR count). The predicted molar refractivity (Wildman–Crippen MR) is 206 cm³/mol. The molecule has 5 aliphatic rings. The molecule has 8 amide bonds. The van der Waals surface area contributed by atoms with Crippen LogP contribution >= 0.6 is 0 Å². The zero-order chi connectivity index (χ0) is 43.7. The predicted octanol–water partition coefficient (Wildman–Crippen LogP) is -6.34. The third-order valence-corrected chi connectivity index (χ3v) is 11.6. The first-order chi connectivity index (χ1) is 28.6. The number of nitrogens with two attached hydrogens (primary N) is 1. The van der Waals surface area contributed by atoms with Crippen molar-refractivity contribution in [3.63, 3.8) is 0 Å². The molecular formula is C37H58N10O13. The monoisotopic (exact) mass is 850 g/mol. The van der Waals surface area contributed by atoms with Crippen molar-refractivity contribution in [2.45, 2.75) is 119 Å². The molecule has 5 saturated heterocycles. The van der Waals surface area contributed by atoms with Gasteiger partial charge in [-0.05, 0) is 58.0 Å². The normalized spacial score (nSPS) is 28.1. The Labute approximate surface area is 346 Å². The number of nitrogens with one attached hydrogen (secondary N) is 5. The van der Waals surface area contributed by atoms with Crippen LogP contribution in [0.25, 0.3) is 0 Å². The van der Waals surface area contributed by atoms with Gasteiger partial charge in [0.2, 0.25) is 47.3 Å². The smallest absolute Gasteiger partial charge is 0.322 e. The van der Waals surface area contributed by atoms with E-state index in [9.17, 15) is 58.5 Å². The minimum Gasteiger partial charge on any atom is -0.480 e. The van der Waals surface area contributed by atoms with E-state index in [4.69, 9.17) is 10.8 Å². The highest BCUT2D eigenvalue weighted by Gasteiger charge is 2.46. The molecule has 11 N–H and O–H groups in total. The average molecular weight is 851 g/mol. The lowest BCUT2D eigenvalue weighted by Crippen LogP contribution is -2.56. The van der Waals surface area contributed by atoms with E-state index in [2.05, 4.69) is 26.6 Å². The quantitative estimate of drug-likeness (QED) is 0.0609. The van der Waals surface area contributed by atoms with E-state index in [1.54, 1.807) is 0 Å². The lowest BCUT2D eigenvalue weighted by atomic mass is 10.1. The maximum atomic E-state index is 14.0. The number of carbonyl (C=O) groups is 9. The largest absolute Gasteiger partial charge is 0.480 e. The fourth-order valence-electron chi connectivity index (χ4n) is 8.67. The standard InChI is InChI=1S/C37H58N10O13/c38-8-2-1-5-24(43-29(51)14-40-32(55)26-11-20(48)17-45(26)35(58)23-6-3-9-39-23)36(59)46-18-21(49)12-27(46)33(56)41-15-30(52)44-10-4-7-25(44)37(60)47-19-22(50)13-28(47)34(57)42-16-31(53)54/h20-28,39,48-50H,1-19,38H2,(H,40,55)(H,41,56)(H,42,57)(H,43,51)(H,53,54)/t20-,21-,22-,23+,24+,25+,26+,27+,28+/m1/s1. The van der Waals surface area contributed by atoms with Crippen molar-refractivity contribution in [3.05, 3.63) is 0 Å². The number of β-amino-alcohol motifs (C(OH)–C–C–N with tert-alkyl or cyclic N) is 3. The molecule has 23 heteroatoms. The summed E-state index contributed by atoms with van der Waals surface area (Å²) in [6.45, 7) is -1.14. The van der Waals surface area contributed by atoms with Gasteiger partial charge in [-0.15, -0.1) is 0 Å². The number of aliphatic hydroxyl groups excluding tert-OH is 3. The molecule has 5 heterocycles. The van der Waals surface area contributed by atoms with Crippen molar-refractivity contribution >= 4 is 53.2 Å². The van der Waals surface area contributed by atoms with Crippen molar-refractivity contribution in [1.29, 1.82) is 0 Å². The molecule has 0 aromatic carbocycles. The molecule has 9 atom stereocenters. The second-order valence-electron chi connectivity index (χ2n) is 16.0. The SMILES string of the molecule is NCCCC[C@H](NC(=O)CNC(=O)[C@@H]1C[C@@H](O)CN1C(=O)[C@@H]1CCCN1)C(=O)N1C[C@H](O)C[C@H]1C(=O)NCC(=O)N1CCC[C@H]1C(=O)N1C[C@H](O)C[C@H]1C(=O)NCC(=O)O. The Kier molecular flexibility index (Phi) is 16.1. The lowest BCUT2D eigenvalue weighted by Gasteiger charge is -2.31. The van der Waals surface area contributed by atoms with Gasteiger partial charge in [0, 0.05) is 45.4 Å². The van der Waals surface area contributed by atoms with Gasteiger partial charge in [-0.3, -0.25) is 43.2 Å². The lowest BCUT2D eigenvalue weighted by molar-refractivity contribution is -0.147. The number of carboxylic acids is 1. The van der Waals surface area contributed by atoms with Crippen LogP contribution in [0.1, 0.15) is 64.2 Å². The van der Waals surface area contributed by atoms with Gasteiger partial charge in [-0.25, -0.2) is 0 Å². The zero-order valence-electron chi connectivity index (χ0n) is 33.5. The number of likely N-dealkylation sites (tertiary alicyclic amines) is 4. The molecule has 60 heavy (non-hydrogen) atoms. The number of unbranched alkanes of at least 4 members (excludes halogenated alkanes) is 1. The Morgan fingerprint density at radius 2 is 1.20 bits per heavy atom. The molecule has 0 aliphatic carbocycles. The summed E-state index contributed by atoms with van der Waals surface area (Å²) < 4.78 is 0. The Hall–Kier alpha value is -4.97. The van der Waals surface area contributed by atoms with Crippen LogP contribution in [0.5, 0.6) is 0 Å². The number of amides is 8. The number of hydrogen-bond donors (Lipinski definition) is 10. The molecular weight excluding hydrogens is 792 g/mol. The Morgan fingerprint density at radius 1 is 0.650 bits per heavy atom. The number of carbonyl (C=O) groups excluding carboxylic acids is 8. The van der Waals surface area contributed by atoms with E-state index in [0.717, 1.165) is 16.2 Å². The van der Waals surface area contributed by atoms with E-state index in [0.29, 0.717) is 38.8 Å². The van der Waals surface area contributed by atoms with Crippen molar-refractivity contribution in [3.8, 4) is 0 Å². The third-order valence-electron chi connectivity index (χ3n) is 11.6. The van der Waals surface area contributed by atoms with Gasteiger partial charge in [0.25, 0.3) is 0 Å². The van der Waals surface area contributed by atoms with Gasteiger partial charge in [-0.1, -0.05) is 0 Å². The summed E-state index contributed by atoms with van der Waals surface area (Å²) >= 11 is 0. The van der Waals surface area contributed by atoms with Crippen molar-refractivity contribution in [2.24, 2.45) is 5.73 Å². The van der Waals surface area contributed by atoms with Gasteiger partial charge in [-0.2, -0.15) is 0 Å². The van der Waals surface area contributed by atoms with Crippen LogP contribution in [0.4, 0.5) is 0 Å². The van der Waals surface area contributed by atoms with Gasteiger partial charge >= 0.3 is 5.97 Å². The highest BCUT2D eigenvalue weighted by atomic mass is 16.4. The van der Waals surface area contributed by atoms with Crippen molar-refractivity contribution in [1.82, 2.24) is 46.2 Å². The van der Waals surface area contributed by atoms with Crippen LogP contribution in [0.2, 0.25) is 0 Å². The first kappa shape index (κ1) is 46.1. The molecule has 5 aliphatic heterocycles. The number of rotatable bonds is 17. The van der Waals surface area contributed by atoms with Gasteiger partial charge in [0.15, 0.2) is 0 Å². The molecule has 5 fully saturated rings. The summed E-state index contributed by atoms with van der Waals surface area (Å²) in [7, 11) is 0. The molecule has 0 aromatic rings. The summed E-state index contributed by atoms with van der Waals surface area (Å²) in [5.41, 5.74) is 5.66. The average Bonchev–Trinajstić information content (AvgIpc) is 4.07. The second kappa shape index (κ2) is 21.0. The molecule has 0 spiro atoms. The number of hydrogen-bond acceptors (Lipinski definition) is 14. The molecule has 0 saturated carbocycles. The minimum atomic E-state index is -1.29. The van der Waals surface area contributed by atoms with Gasteiger partial charge < -0.3 is 72.3 Å². The van der Waals surface area contributed by atoms with E-state index in [-0.39, 0.29) is 64.2 Å². The minimum absolute atomic E-state index is 0.00310. The maximum Gasteiger partial charge on any atom is 0.322 e. The molecule has 0 aromatic heterocycles. The van der Waals surface area contributed by atoms with E-state index in [1.807, 2.05) is 0 Å². The summed E-state index contributed by atoms with van der Waals surface area (Å²) in [6.07, 6.45) is -0.236. The number of aliphatic hydroxyl groups is 3. The van der Waals surface area contributed by atoms with E-state index in [1.165, 1.54) is 9.80 Å². The summed E-state index contributed by atoms with van der Waals surface area (Å²) in [6, 6.07) is -6.01. The molecule has 23 nitrogen and oxygen atoms in total. The summed E-state index contributed by atoms with van der Waals surface area (Å²) in [4.78, 5) is 122. The van der Waals surface area contributed by atoms with Crippen molar-refractivity contribution in [2.75, 3.05) is 58.9 Å². The molecule has 0 unspecified atom stereocenters. The third kappa shape index (κ3) is 11.4. The number of aliphatic carboxylic acids is 1. The molecule has 334 valence electrons. The number of nitrogens with zero attached hydrogens (tertiary/aromatic N) is 4.